The molecule has 2 aromatic heterocycles. The van der Waals surface area contributed by atoms with Gasteiger partial charge in [-0.15, -0.1) is 0 Å². The zero-order chi connectivity index (χ0) is 23.2. The summed E-state index contributed by atoms with van der Waals surface area (Å²) in [6.45, 7) is 1.45. The van der Waals surface area contributed by atoms with Crippen LogP contribution in [0.25, 0.3) is 11.1 Å². The third kappa shape index (κ3) is 5.43. The maximum absolute atomic E-state index is 13.0. The molecular formula is C24H28N6O3. The fourth-order valence-electron chi connectivity index (χ4n) is 3.75. The van der Waals surface area contributed by atoms with Gasteiger partial charge in [0.05, 0.1) is 26.0 Å². The third-order valence-electron chi connectivity index (χ3n) is 5.59. The summed E-state index contributed by atoms with van der Waals surface area (Å²) in [7, 11) is 5.42. The number of methoxy groups -OCH3 is 1. The van der Waals surface area contributed by atoms with E-state index in [-0.39, 0.29) is 12.0 Å². The monoisotopic (exact) mass is 448 g/mol. The quantitative estimate of drug-likeness (QED) is 0.544. The number of rotatable bonds is 7. The number of nitrogens with zero attached hydrogens (tertiary/aromatic N) is 6. The number of hydrogen-bond acceptors (Lipinski definition) is 8. The Bertz CT molecular complexity index is 1080. The lowest BCUT2D eigenvalue weighted by Crippen LogP contribution is -2.42. The SMILES string of the molecule is COc1ccc(CCC(=O)N2CCO[C@@H](c3nc(N(C)C)ncc3-c3cncnc3)C2)cc1. The molecule has 0 N–H and O–H groups in total. The summed E-state index contributed by atoms with van der Waals surface area (Å²) in [5, 5.41) is 0. The first kappa shape index (κ1) is 22.6. The van der Waals surface area contributed by atoms with Crippen molar-refractivity contribution in [1.82, 2.24) is 24.8 Å². The van der Waals surface area contributed by atoms with Gasteiger partial charge in [0.2, 0.25) is 11.9 Å². The van der Waals surface area contributed by atoms with Crippen LogP contribution in [0.5, 0.6) is 5.75 Å². The van der Waals surface area contributed by atoms with Gasteiger partial charge in [-0.2, -0.15) is 0 Å². The molecule has 1 aliphatic heterocycles. The van der Waals surface area contributed by atoms with Crippen molar-refractivity contribution in [2.24, 2.45) is 0 Å². The second kappa shape index (κ2) is 10.4. The Morgan fingerprint density at radius 1 is 1.18 bits per heavy atom. The molecule has 0 saturated carbocycles. The Morgan fingerprint density at radius 3 is 2.64 bits per heavy atom. The van der Waals surface area contributed by atoms with Gasteiger partial charge in [0, 0.05) is 56.8 Å². The minimum absolute atomic E-state index is 0.102. The van der Waals surface area contributed by atoms with Crippen molar-refractivity contribution in [3.63, 3.8) is 0 Å². The van der Waals surface area contributed by atoms with E-state index in [4.69, 9.17) is 14.5 Å². The van der Waals surface area contributed by atoms with Crippen LogP contribution in [0.2, 0.25) is 0 Å². The fraction of sp³-hybridized carbons (Fsp3) is 0.375. The molecule has 1 fully saturated rings. The van der Waals surface area contributed by atoms with Crippen molar-refractivity contribution >= 4 is 11.9 Å². The molecule has 0 unspecified atom stereocenters. The van der Waals surface area contributed by atoms with Gasteiger partial charge in [-0.1, -0.05) is 12.1 Å². The highest BCUT2D eigenvalue weighted by Gasteiger charge is 2.29. The summed E-state index contributed by atoms with van der Waals surface area (Å²) in [4.78, 5) is 34.1. The van der Waals surface area contributed by atoms with E-state index in [1.54, 1.807) is 25.7 Å². The molecule has 1 aliphatic rings. The number of morpholine rings is 1. The van der Waals surface area contributed by atoms with Crippen LogP contribution < -0.4 is 9.64 Å². The molecule has 9 nitrogen and oxygen atoms in total. The first-order chi connectivity index (χ1) is 16.0. The molecule has 1 aromatic carbocycles. The highest BCUT2D eigenvalue weighted by atomic mass is 16.5. The average molecular weight is 449 g/mol. The standard InChI is InChI=1S/C24H28N6O3/c1-29(2)24-27-14-20(18-12-25-16-26-13-18)23(28-24)21-15-30(10-11-33-21)22(31)9-6-17-4-7-19(32-3)8-5-17/h4-5,7-8,12-14,16,21H,6,9-11,15H2,1-3H3/t21-/m1/s1. The van der Waals surface area contributed by atoms with Gasteiger partial charge in [0.25, 0.3) is 0 Å². The van der Waals surface area contributed by atoms with Gasteiger partial charge in [-0.05, 0) is 24.1 Å². The molecule has 9 heteroatoms. The minimum atomic E-state index is -0.361. The molecule has 0 spiro atoms. The summed E-state index contributed by atoms with van der Waals surface area (Å²) in [5.41, 5.74) is 3.45. The Balaban J connectivity index is 1.50. The number of amides is 1. The third-order valence-corrected chi connectivity index (χ3v) is 5.59. The van der Waals surface area contributed by atoms with E-state index in [0.29, 0.717) is 38.5 Å². The van der Waals surface area contributed by atoms with Crippen LogP contribution in [-0.2, 0) is 16.0 Å². The second-order valence-corrected chi connectivity index (χ2v) is 8.04. The van der Waals surface area contributed by atoms with Crippen molar-refractivity contribution in [2.75, 3.05) is 45.8 Å². The van der Waals surface area contributed by atoms with Crippen molar-refractivity contribution in [2.45, 2.75) is 18.9 Å². The largest absolute Gasteiger partial charge is 0.497 e. The first-order valence-corrected chi connectivity index (χ1v) is 10.9. The van der Waals surface area contributed by atoms with Crippen LogP contribution in [0.3, 0.4) is 0 Å². The van der Waals surface area contributed by atoms with Crippen LogP contribution in [0.1, 0.15) is 23.8 Å². The number of aromatic nitrogens is 4. The normalized spacial score (nSPS) is 15.8. The zero-order valence-corrected chi connectivity index (χ0v) is 19.1. The van der Waals surface area contributed by atoms with Crippen LogP contribution in [0.4, 0.5) is 5.95 Å². The zero-order valence-electron chi connectivity index (χ0n) is 19.1. The van der Waals surface area contributed by atoms with Crippen molar-refractivity contribution in [1.29, 1.82) is 0 Å². The van der Waals surface area contributed by atoms with E-state index >= 15 is 0 Å². The maximum atomic E-state index is 13.0. The first-order valence-electron chi connectivity index (χ1n) is 10.9. The molecule has 172 valence electrons. The van der Waals surface area contributed by atoms with E-state index in [9.17, 15) is 4.79 Å². The number of aryl methyl sites for hydroxylation is 1. The van der Waals surface area contributed by atoms with Gasteiger partial charge in [0.1, 0.15) is 18.2 Å². The number of carbonyl (C=O) groups is 1. The molecule has 0 radical (unpaired) electrons. The van der Waals surface area contributed by atoms with E-state index in [2.05, 4.69) is 15.0 Å². The Kier molecular flexibility index (Phi) is 7.09. The van der Waals surface area contributed by atoms with Crippen LogP contribution in [0.15, 0.2) is 49.2 Å². The lowest BCUT2D eigenvalue weighted by molar-refractivity contribution is -0.139. The molecule has 0 aliphatic carbocycles. The Labute approximate surface area is 193 Å². The number of hydrogen-bond donors (Lipinski definition) is 0. The molecule has 0 bridgehead atoms. The summed E-state index contributed by atoms with van der Waals surface area (Å²) in [6.07, 6.45) is 7.46. The van der Waals surface area contributed by atoms with E-state index in [1.807, 2.05) is 48.2 Å². The Hall–Kier alpha value is -3.59. The smallest absolute Gasteiger partial charge is 0.225 e. The summed E-state index contributed by atoms with van der Waals surface area (Å²) in [5.74, 6) is 1.49. The topological polar surface area (TPSA) is 93.6 Å². The van der Waals surface area contributed by atoms with Gasteiger partial charge >= 0.3 is 0 Å². The van der Waals surface area contributed by atoms with Crippen LogP contribution in [0, 0.1) is 0 Å². The van der Waals surface area contributed by atoms with Gasteiger partial charge in [0.15, 0.2) is 0 Å². The van der Waals surface area contributed by atoms with Gasteiger partial charge in [-0.25, -0.2) is 19.9 Å². The molecule has 33 heavy (non-hydrogen) atoms. The van der Waals surface area contributed by atoms with Gasteiger partial charge in [-0.3, -0.25) is 4.79 Å². The Morgan fingerprint density at radius 2 is 1.94 bits per heavy atom. The fourth-order valence-corrected chi connectivity index (χ4v) is 3.75. The van der Waals surface area contributed by atoms with E-state index < -0.39 is 0 Å². The average Bonchev–Trinajstić information content (AvgIpc) is 2.87. The molecule has 1 saturated heterocycles. The maximum Gasteiger partial charge on any atom is 0.225 e. The van der Waals surface area contributed by atoms with Gasteiger partial charge < -0.3 is 19.3 Å². The number of anilines is 1. The lowest BCUT2D eigenvalue weighted by atomic mass is 10.0. The van der Waals surface area contributed by atoms with Crippen LogP contribution in [-0.4, -0.2) is 71.6 Å². The molecular weight excluding hydrogens is 420 g/mol. The highest BCUT2D eigenvalue weighted by molar-refractivity contribution is 5.76. The van der Waals surface area contributed by atoms with E-state index in [0.717, 1.165) is 28.1 Å². The van der Waals surface area contributed by atoms with Crippen molar-refractivity contribution in [3.8, 4) is 16.9 Å². The van der Waals surface area contributed by atoms with Crippen LogP contribution >= 0.6 is 0 Å². The molecule has 4 rings (SSSR count). The van der Waals surface area contributed by atoms with Crippen molar-refractivity contribution < 1.29 is 14.3 Å². The summed E-state index contributed by atoms with van der Waals surface area (Å²) in [6, 6.07) is 7.81. The predicted octanol–water partition coefficient (Wildman–Crippen LogP) is 2.54. The molecule has 3 aromatic rings. The molecule has 1 amide bonds. The number of benzene rings is 1. The molecule has 1 atom stereocenters. The second-order valence-electron chi connectivity index (χ2n) is 8.04. The predicted molar refractivity (Wildman–Crippen MR) is 124 cm³/mol. The highest BCUT2D eigenvalue weighted by Crippen LogP contribution is 2.31. The summed E-state index contributed by atoms with van der Waals surface area (Å²) >= 11 is 0. The number of ether oxygens (including phenoxy) is 2. The van der Waals surface area contributed by atoms with E-state index in [1.165, 1.54) is 6.33 Å². The minimum Gasteiger partial charge on any atom is -0.497 e. The van der Waals surface area contributed by atoms with Crippen molar-refractivity contribution in [3.05, 3.63) is 60.4 Å². The number of carbonyl (C=O) groups excluding carboxylic acids is 1. The summed E-state index contributed by atoms with van der Waals surface area (Å²) < 4.78 is 11.3. The molecule has 3 heterocycles. The lowest BCUT2D eigenvalue weighted by Gasteiger charge is -2.33.